The predicted octanol–water partition coefficient (Wildman–Crippen LogP) is 0.909. The molecule has 84 valence electrons. The van der Waals surface area contributed by atoms with Crippen molar-refractivity contribution in [1.82, 2.24) is 9.55 Å². The topological polar surface area (TPSA) is 44.1 Å². The Hall–Kier alpha value is -1.37. The molecule has 0 aliphatic carbocycles. The summed E-state index contributed by atoms with van der Waals surface area (Å²) in [7, 11) is 1.43. The van der Waals surface area contributed by atoms with E-state index in [0.717, 1.165) is 10.9 Å². The molecule has 0 bridgehead atoms. The van der Waals surface area contributed by atoms with Gasteiger partial charge in [0.15, 0.2) is 5.69 Å². The van der Waals surface area contributed by atoms with Crippen molar-refractivity contribution in [1.29, 1.82) is 0 Å². The van der Waals surface area contributed by atoms with Gasteiger partial charge in [-0.15, -0.1) is 0 Å². The van der Waals surface area contributed by atoms with Gasteiger partial charge in [0.05, 0.1) is 19.5 Å². The van der Waals surface area contributed by atoms with Crippen molar-refractivity contribution in [2.45, 2.75) is 12.7 Å². The molecule has 1 rings (SSSR count). The highest BCUT2D eigenvalue weighted by Crippen LogP contribution is 2.25. The van der Waals surface area contributed by atoms with Crippen molar-refractivity contribution >= 4 is 0 Å². The average molecular weight is 222 g/mol. The van der Waals surface area contributed by atoms with E-state index in [1.54, 1.807) is 0 Å². The van der Waals surface area contributed by atoms with E-state index in [0.29, 0.717) is 6.07 Å². The summed E-state index contributed by atoms with van der Waals surface area (Å²) in [5, 5.41) is 0. The van der Waals surface area contributed by atoms with Gasteiger partial charge in [0.1, 0.15) is 0 Å². The molecule has 0 saturated carbocycles. The molecule has 0 unspecified atom stereocenters. The lowest BCUT2D eigenvalue weighted by Crippen LogP contribution is -2.24. The summed E-state index contributed by atoms with van der Waals surface area (Å²) in [6.45, 7) is 0.424. The molecule has 0 aromatic carbocycles. The van der Waals surface area contributed by atoms with Gasteiger partial charge in [-0.2, -0.15) is 13.2 Å². The zero-order chi connectivity index (χ0) is 11.5. The molecular formula is C8H9F3N2O2. The molecule has 0 N–H and O–H groups in total. The van der Waals surface area contributed by atoms with Crippen LogP contribution in [-0.2, 0) is 17.5 Å². The van der Waals surface area contributed by atoms with Gasteiger partial charge in [0.25, 0.3) is 5.56 Å². The van der Waals surface area contributed by atoms with Crippen LogP contribution in [0.3, 0.4) is 0 Å². The molecule has 0 fully saturated rings. The Bertz CT molecular complexity index is 386. The molecular weight excluding hydrogens is 213 g/mol. The van der Waals surface area contributed by atoms with E-state index in [1.165, 1.54) is 7.11 Å². The van der Waals surface area contributed by atoms with Crippen LogP contribution in [0.5, 0.6) is 0 Å². The largest absolute Gasteiger partial charge is 0.433 e. The fraction of sp³-hybridized carbons (Fsp3) is 0.500. The Morgan fingerprint density at radius 3 is 2.67 bits per heavy atom. The highest BCUT2D eigenvalue weighted by molar-refractivity contribution is 5.03. The number of halogens is 3. The molecule has 7 heteroatoms. The summed E-state index contributed by atoms with van der Waals surface area (Å²) < 4.78 is 42.1. The third kappa shape index (κ3) is 3.05. The lowest BCUT2D eigenvalue weighted by Gasteiger charge is -2.07. The monoisotopic (exact) mass is 222 g/mol. The van der Waals surface area contributed by atoms with Crippen molar-refractivity contribution < 1.29 is 17.9 Å². The van der Waals surface area contributed by atoms with E-state index in [2.05, 4.69) is 9.72 Å². The number of methoxy groups -OCH3 is 1. The van der Waals surface area contributed by atoms with Gasteiger partial charge in [0, 0.05) is 13.2 Å². The van der Waals surface area contributed by atoms with Crippen molar-refractivity contribution in [3.05, 3.63) is 28.4 Å². The standard InChI is InChI=1S/C8H9F3N2O2/c1-15-3-2-13-5-12-6(4-7(13)14)8(9,10)11/h4-5H,2-3H2,1H3. The van der Waals surface area contributed by atoms with Gasteiger partial charge in [0.2, 0.25) is 0 Å². The first-order chi connectivity index (χ1) is 6.95. The second-order valence-corrected chi connectivity index (χ2v) is 2.80. The van der Waals surface area contributed by atoms with Gasteiger partial charge in [-0.1, -0.05) is 0 Å². The maximum absolute atomic E-state index is 12.1. The molecule has 1 aromatic heterocycles. The molecule has 0 aliphatic rings. The normalized spacial score (nSPS) is 11.7. The summed E-state index contributed by atoms with van der Waals surface area (Å²) in [6, 6.07) is 0.468. The van der Waals surface area contributed by atoms with Crippen molar-refractivity contribution in [3.8, 4) is 0 Å². The van der Waals surface area contributed by atoms with E-state index in [1.807, 2.05) is 0 Å². The quantitative estimate of drug-likeness (QED) is 0.763. The number of alkyl halides is 3. The average Bonchev–Trinajstić information content (AvgIpc) is 2.14. The fourth-order valence-electron chi connectivity index (χ4n) is 0.939. The predicted molar refractivity (Wildman–Crippen MR) is 45.4 cm³/mol. The second-order valence-electron chi connectivity index (χ2n) is 2.80. The van der Waals surface area contributed by atoms with E-state index in [4.69, 9.17) is 0 Å². The Balaban J connectivity index is 2.94. The summed E-state index contributed by atoms with van der Waals surface area (Å²) in [5.41, 5.74) is -1.92. The second kappa shape index (κ2) is 4.43. The van der Waals surface area contributed by atoms with Crippen LogP contribution in [0.4, 0.5) is 13.2 Å². The van der Waals surface area contributed by atoms with E-state index >= 15 is 0 Å². The minimum absolute atomic E-state index is 0.181. The first-order valence-corrected chi connectivity index (χ1v) is 4.08. The van der Waals surface area contributed by atoms with Gasteiger partial charge < -0.3 is 4.74 Å². The number of hydrogen-bond acceptors (Lipinski definition) is 3. The summed E-state index contributed by atoms with van der Waals surface area (Å²) in [5.74, 6) is 0. The Morgan fingerprint density at radius 2 is 2.20 bits per heavy atom. The number of aromatic nitrogens is 2. The molecule has 1 aromatic rings. The summed E-state index contributed by atoms with van der Waals surface area (Å²) in [6.07, 6.45) is -3.72. The van der Waals surface area contributed by atoms with Gasteiger partial charge in [-0.3, -0.25) is 9.36 Å². The van der Waals surface area contributed by atoms with Crippen LogP contribution >= 0.6 is 0 Å². The SMILES string of the molecule is COCCn1cnc(C(F)(F)F)cc1=O. The lowest BCUT2D eigenvalue weighted by molar-refractivity contribution is -0.141. The molecule has 1 heterocycles. The molecule has 0 spiro atoms. The van der Waals surface area contributed by atoms with Crippen molar-refractivity contribution in [2.24, 2.45) is 0 Å². The zero-order valence-electron chi connectivity index (χ0n) is 7.91. The number of rotatable bonds is 3. The van der Waals surface area contributed by atoms with Crippen LogP contribution in [0.25, 0.3) is 0 Å². The third-order valence-corrected chi connectivity index (χ3v) is 1.71. The van der Waals surface area contributed by atoms with Crippen molar-refractivity contribution in [2.75, 3.05) is 13.7 Å². The van der Waals surface area contributed by atoms with Crippen molar-refractivity contribution in [3.63, 3.8) is 0 Å². The van der Waals surface area contributed by atoms with E-state index in [-0.39, 0.29) is 13.2 Å². The highest BCUT2D eigenvalue weighted by Gasteiger charge is 2.32. The molecule has 0 saturated heterocycles. The van der Waals surface area contributed by atoms with Crippen LogP contribution in [0, 0.1) is 0 Å². The molecule has 0 amide bonds. The third-order valence-electron chi connectivity index (χ3n) is 1.71. The van der Waals surface area contributed by atoms with Gasteiger partial charge >= 0.3 is 6.18 Å². The number of hydrogen-bond donors (Lipinski definition) is 0. The molecule has 15 heavy (non-hydrogen) atoms. The smallest absolute Gasteiger partial charge is 0.383 e. The van der Waals surface area contributed by atoms with E-state index in [9.17, 15) is 18.0 Å². The molecule has 0 radical (unpaired) electrons. The van der Waals surface area contributed by atoms with Crippen LogP contribution in [-0.4, -0.2) is 23.3 Å². The maximum atomic E-state index is 12.1. The Labute approximate surface area is 83.3 Å². The minimum Gasteiger partial charge on any atom is -0.383 e. The fourth-order valence-corrected chi connectivity index (χ4v) is 0.939. The van der Waals surface area contributed by atoms with Crippen LogP contribution in [0.15, 0.2) is 17.2 Å². The van der Waals surface area contributed by atoms with Crippen LogP contribution in [0.1, 0.15) is 5.69 Å². The summed E-state index contributed by atoms with van der Waals surface area (Å²) >= 11 is 0. The lowest BCUT2D eigenvalue weighted by atomic mass is 10.4. The Morgan fingerprint density at radius 1 is 1.53 bits per heavy atom. The van der Waals surface area contributed by atoms with Gasteiger partial charge in [-0.05, 0) is 0 Å². The van der Waals surface area contributed by atoms with Gasteiger partial charge in [-0.25, -0.2) is 4.98 Å². The molecule has 4 nitrogen and oxygen atoms in total. The number of ether oxygens (including phenoxy) is 1. The molecule has 0 atom stereocenters. The first kappa shape index (κ1) is 11.7. The molecule has 0 aliphatic heterocycles. The minimum atomic E-state index is -4.58. The van der Waals surface area contributed by atoms with E-state index < -0.39 is 17.4 Å². The maximum Gasteiger partial charge on any atom is 0.433 e. The van der Waals surface area contributed by atoms with Crippen LogP contribution in [0.2, 0.25) is 0 Å². The highest BCUT2D eigenvalue weighted by atomic mass is 19.4. The summed E-state index contributed by atoms with van der Waals surface area (Å²) in [4.78, 5) is 14.3. The zero-order valence-corrected chi connectivity index (χ0v) is 7.91. The number of nitrogens with zero attached hydrogens (tertiary/aromatic N) is 2. The Kier molecular flexibility index (Phi) is 3.46. The first-order valence-electron chi connectivity index (χ1n) is 4.08. The van der Waals surface area contributed by atoms with Crippen LogP contribution < -0.4 is 5.56 Å².